The number of rotatable bonds is 6. The summed E-state index contributed by atoms with van der Waals surface area (Å²) in [5.41, 5.74) is 2.02. The van der Waals surface area contributed by atoms with Gasteiger partial charge in [-0.1, -0.05) is 12.1 Å². The first-order valence-corrected chi connectivity index (χ1v) is 6.98. The van der Waals surface area contributed by atoms with Gasteiger partial charge in [-0.25, -0.2) is 0 Å². The number of carbonyl (C=O) groups is 1. The number of carbonyl (C=O) groups excluding carboxylic acids is 1. The van der Waals surface area contributed by atoms with E-state index >= 15 is 0 Å². The fourth-order valence-electron chi connectivity index (χ4n) is 1.37. The number of nitrogens with zero attached hydrogens (tertiary/aromatic N) is 1. The molecule has 1 heterocycles. The van der Waals surface area contributed by atoms with Crippen molar-refractivity contribution < 1.29 is 9.32 Å². The third-order valence-electron chi connectivity index (χ3n) is 2.68. The Bertz CT molecular complexity index is 357. The van der Waals surface area contributed by atoms with E-state index in [0.717, 1.165) is 29.2 Å². The van der Waals surface area contributed by atoms with Crippen LogP contribution in [0.3, 0.4) is 0 Å². The molecule has 0 aliphatic carbocycles. The summed E-state index contributed by atoms with van der Waals surface area (Å²) < 4.78 is 5.07. The Balaban J connectivity index is 2.31. The van der Waals surface area contributed by atoms with Gasteiger partial charge in [0.25, 0.3) is 0 Å². The highest BCUT2D eigenvalue weighted by Crippen LogP contribution is 2.19. The maximum atomic E-state index is 11.5. The fourth-order valence-corrected chi connectivity index (χ4v) is 2.36. The summed E-state index contributed by atoms with van der Waals surface area (Å²) in [4.78, 5) is 11.5. The summed E-state index contributed by atoms with van der Waals surface area (Å²) in [5.74, 6) is 2.19. The lowest BCUT2D eigenvalue weighted by molar-refractivity contribution is -0.119. The van der Waals surface area contributed by atoms with Gasteiger partial charge in [-0.3, -0.25) is 4.79 Å². The molecule has 96 valence electrons. The van der Waals surface area contributed by atoms with Gasteiger partial charge in [0.1, 0.15) is 5.76 Å². The summed E-state index contributed by atoms with van der Waals surface area (Å²) in [6, 6.07) is 0.252. The number of thioether (sulfide) groups is 1. The highest BCUT2D eigenvalue weighted by molar-refractivity contribution is 7.99. The van der Waals surface area contributed by atoms with Crippen molar-refractivity contribution in [1.29, 1.82) is 0 Å². The molecule has 0 bridgehead atoms. The van der Waals surface area contributed by atoms with Gasteiger partial charge in [-0.2, -0.15) is 0 Å². The lowest BCUT2D eigenvalue weighted by atomic mass is 10.2. The lowest BCUT2D eigenvalue weighted by Gasteiger charge is -2.10. The van der Waals surface area contributed by atoms with Gasteiger partial charge in [0.05, 0.1) is 11.4 Å². The van der Waals surface area contributed by atoms with Crippen LogP contribution in [0.1, 0.15) is 37.3 Å². The van der Waals surface area contributed by atoms with Crippen molar-refractivity contribution in [3.8, 4) is 0 Å². The second-order valence-corrected chi connectivity index (χ2v) is 5.16. The average molecular weight is 256 g/mol. The highest BCUT2D eigenvalue weighted by atomic mass is 32.2. The minimum atomic E-state index is 0.0936. The smallest absolute Gasteiger partial charge is 0.230 e. The highest BCUT2D eigenvalue weighted by Gasteiger charge is 2.10. The monoisotopic (exact) mass is 256 g/mol. The number of hydrogen-bond acceptors (Lipinski definition) is 4. The van der Waals surface area contributed by atoms with Crippen LogP contribution in [-0.2, 0) is 10.5 Å². The largest absolute Gasteiger partial charge is 0.361 e. The topological polar surface area (TPSA) is 55.1 Å². The second kappa shape index (κ2) is 6.69. The number of amides is 1. The van der Waals surface area contributed by atoms with E-state index in [-0.39, 0.29) is 11.9 Å². The van der Waals surface area contributed by atoms with Crippen molar-refractivity contribution in [1.82, 2.24) is 10.5 Å². The Labute approximate surface area is 107 Å². The van der Waals surface area contributed by atoms with E-state index in [1.807, 2.05) is 20.8 Å². The van der Waals surface area contributed by atoms with Crippen LogP contribution in [0.2, 0.25) is 0 Å². The van der Waals surface area contributed by atoms with Gasteiger partial charge in [-0.15, -0.1) is 11.8 Å². The minimum absolute atomic E-state index is 0.0936. The summed E-state index contributed by atoms with van der Waals surface area (Å²) in [7, 11) is 0. The Hall–Kier alpha value is -0.970. The van der Waals surface area contributed by atoms with E-state index in [2.05, 4.69) is 17.4 Å². The minimum Gasteiger partial charge on any atom is -0.361 e. The van der Waals surface area contributed by atoms with Crippen molar-refractivity contribution >= 4 is 17.7 Å². The SMILES string of the molecule is CCC(C)NC(=O)CSCc1c(C)noc1C. The molecule has 1 rings (SSSR count). The van der Waals surface area contributed by atoms with Crippen molar-refractivity contribution in [3.05, 3.63) is 17.0 Å². The summed E-state index contributed by atoms with van der Waals surface area (Å²) in [5, 5.41) is 6.83. The zero-order chi connectivity index (χ0) is 12.8. The van der Waals surface area contributed by atoms with Gasteiger partial charge in [0.15, 0.2) is 0 Å². The molecule has 0 spiro atoms. The number of aryl methyl sites for hydroxylation is 2. The lowest BCUT2D eigenvalue weighted by Crippen LogP contribution is -2.33. The summed E-state index contributed by atoms with van der Waals surface area (Å²) >= 11 is 1.59. The van der Waals surface area contributed by atoms with Crippen LogP contribution in [0.5, 0.6) is 0 Å². The van der Waals surface area contributed by atoms with E-state index in [1.165, 1.54) is 0 Å². The molecule has 0 fully saturated rings. The third-order valence-corrected chi connectivity index (χ3v) is 3.64. The van der Waals surface area contributed by atoms with Crippen molar-refractivity contribution in [3.63, 3.8) is 0 Å². The molecule has 1 aromatic rings. The van der Waals surface area contributed by atoms with E-state index in [0.29, 0.717) is 5.75 Å². The fraction of sp³-hybridized carbons (Fsp3) is 0.667. The molecular formula is C12H20N2O2S. The molecule has 4 nitrogen and oxygen atoms in total. The molecule has 0 saturated heterocycles. The standard InChI is InChI=1S/C12H20N2O2S/c1-5-8(2)13-12(15)7-17-6-11-9(3)14-16-10(11)4/h8H,5-7H2,1-4H3,(H,13,15). The van der Waals surface area contributed by atoms with Crippen LogP contribution in [-0.4, -0.2) is 22.9 Å². The second-order valence-electron chi connectivity index (χ2n) is 4.17. The number of aromatic nitrogens is 1. The molecular weight excluding hydrogens is 236 g/mol. The van der Waals surface area contributed by atoms with Gasteiger partial charge in [-0.05, 0) is 27.2 Å². The molecule has 5 heteroatoms. The molecule has 0 aliphatic heterocycles. The predicted octanol–water partition coefficient (Wildman–Crippen LogP) is 2.44. The quantitative estimate of drug-likeness (QED) is 0.849. The molecule has 0 radical (unpaired) electrons. The Morgan fingerprint density at radius 1 is 1.53 bits per heavy atom. The maximum Gasteiger partial charge on any atom is 0.230 e. The van der Waals surface area contributed by atoms with Gasteiger partial charge in [0.2, 0.25) is 5.91 Å². The first kappa shape index (κ1) is 14.1. The van der Waals surface area contributed by atoms with Crippen LogP contribution >= 0.6 is 11.8 Å². The molecule has 0 aliphatic rings. The van der Waals surface area contributed by atoms with Crippen molar-refractivity contribution in [2.45, 2.75) is 45.9 Å². The molecule has 0 aromatic carbocycles. The van der Waals surface area contributed by atoms with Gasteiger partial charge >= 0.3 is 0 Å². The Morgan fingerprint density at radius 2 is 2.24 bits per heavy atom. The molecule has 1 aromatic heterocycles. The number of nitrogens with one attached hydrogen (secondary N) is 1. The molecule has 17 heavy (non-hydrogen) atoms. The zero-order valence-corrected chi connectivity index (χ0v) is 11.7. The molecule has 0 saturated carbocycles. The Kier molecular flexibility index (Phi) is 5.55. The molecule has 1 unspecified atom stereocenters. The van der Waals surface area contributed by atoms with E-state index < -0.39 is 0 Å². The van der Waals surface area contributed by atoms with E-state index in [1.54, 1.807) is 11.8 Å². The van der Waals surface area contributed by atoms with Crippen LogP contribution in [0.25, 0.3) is 0 Å². The Morgan fingerprint density at radius 3 is 2.76 bits per heavy atom. The molecule has 1 N–H and O–H groups in total. The zero-order valence-electron chi connectivity index (χ0n) is 10.9. The van der Waals surface area contributed by atoms with E-state index in [4.69, 9.17) is 4.52 Å². The third kappa shape index (κ3) is 4.42. The van der Waals surface area contributed by atoms with Crippen molar-refractivity contribution in [2.24, 2.45) is 0 Å². The normalized spacial score (nSPS) is 12.5. The maximum absolute atomic E-state index is 11.5. The molecule has 1 amide bonds. The first-order chi connectivity index (χ1) is 8.04. The molecule has 1 atom stereocenters. The van der Waals surface area contributed by atoms with E-state index in [9.17, 15) is 4.79 Å². The average Bonchev–Trinajstić information content (AvgIpc) is 2.60. The van der Waals surface area contributed by atoms with Crippen LogP contribution in [0.15, 0.2) is 4.52 Å². The van der Waals surface area contributed by atoms with Crippen LogP contribution < -0.4 is 5.32 Å². The summed E-state index contributed by atoms with van der Waals surface area (Å²) in [6.07, 6.45) is 0.959. The predicted molar refractivity (Wildman–Crippen MR) is 70.0 cm³/mol. The van der Waals surface area contributed by atoms with Gasteiger partial charge in [0, 0.05) is 17.4 Å². The first-order valence-electron chi connectivity index (χ1n) is 5.83. The van der Waals surface area contributed by atoms with Crippen LogP contribution in [0.4, 0.5) is 0 Å². The van der Waals surface area contributed by atoms with Gasteiger partial charge < -0.3 is 9.84 Å². The summed E-state index contributed by atoms with van der Waals surface area (Å²) in [6.45, 7) is 7.89. The van der Waals surface area contributed by atoms with Crippen molar-refractivity contribution in [2.75, 3.05) is 5.75 Å². The van der Waals surface area contributed by atoms with Crippen LogP contribution in [0, 0.1) is 13.8 Å². The number of hydrogen-bond donors (Lipinski definition) is 1.